The van der Waals surface area contributed by atoms with E-state index in [-0.39, 0.29) is 0 Å². The number of rotatable bonds is 5. The molecule has 5 nitrogen and oxygen atoms in total. The Balaban J connectivity index is 1.44. The Hall–Kier alpha value is -2.92. The average molecular weight is 350 g/mol. The van der Waals surface area contributed by atoms with Gasteiger partial charge in [-0.3, -0.25) is 0 Å². The molecule has 0 saturated heterocycles. The lowest BCUT2D eigenvalue weighted by molar-refractivity contribution is 0.824. The fourth-order valence-corrected chi connectivity index (χ4v) is 2.90. The van der Waals surface area contributed by atoms with Crippen molar-refractivity contribution in [3.05, 3.63) is 83.5 Å². The van der Waals surface area contributed by atoms with E-state index in [2.05, 4.69) is 55.2 Å². The van der Waals surface area contributed by atoms with Crippen LogP contribution in [0.3, 0.4) is 0 Å². The van der Waals surface area contributed by atoms with Crippen LogP contribution >= 0.6 is 11.6 Å². The predicted molar refractivity (Wildman–Crippen MR) is 99.6 cm³/mol. The molecule has 25 heavy (non-hydrogen) atoms. The fourth-order valence-electron chi connectivity index (χ4n) is 2.72. The molecule has 1 N–H and O–H groups in total. The van der Waals surface area contributed by atoms with Crippen molar-refractivity contribution in [3.8, 4) is 0 Å². The monoisotopic (exact) mass is 349 g/mol. The van der Waals surface area contributed by atoms with E-state index in [1.54, 1.807) is 6.20 Å². The first kappa shape index (κ1) is 15.6. The maximum absolute atomic E-state index is 6.05. The SMILES string of the molecule is Clc1cncnc1NCc1ccc(Cn2cnc3ccccc32)cc1. The van der Waals surface area contributed by atoms with Crippen LogP contribution in [0.2, 0.25) is 5.02 Å². The first-order valence-corrected chi connectivity index (χ1v) is 8.34. The Bertz CT molecular complexity index is 994. The highest BCUT2D eigenvalue weighted by Gasteiger charge is 2.04. The van der Waals surface area contributed by atoms with Gasteiger partial charge in [-0.05, 0) is 23.3 Å². The van der Waals surface area contributed by atoms with Crippen molar-refractivity contribution in [1.29, 1.82) is 0 Å². The standard InChI is InChI=1S/C19H16ClN5/c20-16-10-21-12-23-19(16)22-9-14-5-7-15(8-6-14)11-25-13-24-17-3-1-2-4-18(17)25/h1-8,10,12-13H,9,11H2,(H,21,22,23). The molecule has 0 aliphatic heterocycles. The number of benzene rings is 2. The van der Waals surface area contributed by atoms with Crippen molar-refractivity contribution >= 4 is 28.5 Å². The van der Waals surface area contributed by atoms with Gasteiger partial charge in [0.1, 0.15) is 17.2 Å². The molecule has 0 atom stereocenters. The molecule has 4 aromatic rings. The second-order valence-corrected chi connectivity index (χ2v) is 6.16. The lowest BCUT2D eigenvalue weighted by Crippen LogP contribution is -2.03. The summed E-state index contributed by atoms with van der Waals surface area (Å²) >= 11 is 6.05. The van der Waals surface area contributed by atoms with E-state index in [9.17, 15) is 0 Å². The van der Waals surface area contributed by atoms with Crippen LogP contribution in [0.25, 0.3) is 11.0 Å². The van der Waals surface area contributed by atoms with Crippen LogP contribution in [0.15, 0.2) is 67.4 Å². The molecule has 0 aliphatic rings. The van der Waals surface area contributed by atoms with Gasteiger partial charge in [0.05, 0.1) is 23.6 Å². The Kier molecular flexibility index (Phi) is 4.31. The molecule has 0 unspecified atom stereocenters. The number of imidazole rings is 1. The maximum atomic E-state index is 6.05. The summed E-state index contributed by atoms with van der Waals surface area (Å²) in [4.78, 5) is 12.4. The van der Waals surface area contributed by atoms with Gasteiger partial charge < -0.3 is 9.88 Å². The number of para-hydroxylation sites is 2. The van der Waals surface area contributed by atoms with Gasteiger partial charge in [0.25, 0.3) is 0 Å². The van der Waals surface area contributed by atoms with Crippen molar-refractivity contribution < 1.29 is 0 Å². The van der Waals surface area contributed by atoms with Crippen LogP contribution in [-0.2, 0) is 13.1 Å². The van der Waals surface area contributed by atoms with Crippen LogP contribution in [0.1, 0.15) is 11.1 Å². The minimum Gasteiger partial charge on any atom is -0.365 e. The highest BCUT2D eigenvalue weighted by molar-refractivity contribution is 6.32. The van der Waals surface area contributed by atoms with E-state index in [1.165, 1.54) is 11.9 Å². The molecule has 0 bridgehead atoms. The summed E-state index contributed by atoms with van der Waals surface area (Å²) in [5, 5.41) is 3.74. The molecule has 0 fully saturated rings. The summed E-state index contributed by atoms with van der Waals surface area (Å²) in [6, 6.07) is 16.6. The first-order chi connectivity index (χ1) is 12.3. The Morgan fingerprint density at radius 2 is 1.76 bits per heavy atom. The van der Waals surface area contributed by atoms with Crippen LogP contribution < -0.4 is 5.32 Å². The van der Waals surface area contributed by atoms with E-state index >= 15 is 0 Å². The molecule has 0 spiro atoms. The normalized spacial score (nSPS) is 10.9. The van der Waals surface area contributed by atoms with Gasteiger partial charge in [0.15, 0.2) is 0 Å². The van der Waals surface area contributed by atoms with Crippen LogP contribution in [0.5, 0.6) is 0 Å². The lowest BCUT2D eigenvalue weighted by Gasteiger charge is -2.08. The van der Waals surface area contributed by atoms with Crippen molar-refractivity contribution in [2.75, 3.05) is 5.32 Å². The molecule has 2 aromatic heterocycles. The molecule has 124 valence electrons. The molecule has 2 heterocycles. The largest absolute Gasteiger partial charge is 0.365 e. The zero-order valence-electron chi connectivity index (χ0n) is 13.4. The predicted octanol–water partition coefficient (Wildman–Crippen LogP) is 4.14. The maximum Gasteiger partial charge on any atom is 0.148 e. The Morgan fingerprint density at radius 3 is 2.60 bits per heavy atom. The minimum atomic E-state index is 0.520. The van der Waals surface area contributed by atoms with E-state index in [0.29, 0.717) is 17.4 Å². The van der Waals surface area contributed by atoms with Crippen LogP contribution in [0, 0.1) is 0 Å². The number of nitrogens with zero attached hydrogens (tertiary/aromatic N) is 4. The van der Waals surface area contributed by atoms with Crippen molar-refractivity contribution in [2.24, 2.45) is 0 Å². The summed E-state index contributed by atoms with van der Waals surface area (Å²) in [6.07, 6.45) is 4.94. The Morgan fingerprint density at radius 1 is 0.960 bits per heavy atom. The smallest absolute Gasteiger partial charge is 0.148 e. The van der Waals surface area contributed by atoms with Crippen molar-refractivity contribution in [1.82, 2.24) is 19.5 Å². The summed E-state index contributed by atoms with van der Waals surface area (Å²) in [5.74, 6) is 0.644. The van der Waals surface area contributed by atoms with Gasteiger partial charge >= 0.3 is 0 Å². The van der Waals surface area contributed by atoms with E-state index < -0.39 is 0 Å². The second kappa shape index (κ2) is 6.91. The zero-order valence-corrected chi connectivity index (χ0v) is 14.2. The van der Waals surface area contributed by atoms with Crippen LogP contribution in [0.4, 0.5) is 5.82 Å². The Labute approximate surface area is 150 Å². The number of anilines is 1. The minimum absolute atomic E-state index is 0.520. The van der Waals surface area contributed by atoms with Gasteiger partial charge in [-0.1, -0.05) is 48.0 Å². The first-order valence-electron chi connectivity index (χ1n) is 7.97. The highest BCUT2D eigenvalue weighted by atomic mass is 35.5. The van der Waals surface area contributed by atoms with Gasteiger partial charge in [-0.25, -0.2) is 15.0 Å². The second-order valence-electron chi connectivity index (χ2n) is 5.75. The molecule has 6 heteroatoms. The molecule has 0 amide bonds. The average Bonchev–Trinajstić information content (AvgIpc) is 3.05. The summed E-state index contributed by atoms with van der Waals surface area (Å²) in [7, 11) is 0. The molecule has 0 aliphatic carbocycles. The molecule has 0 saturated carbocycles. The molecular formula is C19H16ClN5. The van der Waals surface area contributed by atoms with Gasteiger partial charge in [-0.2, -0.15) is 0 Å². The van der Waals surface area contributed by atoms with Gasteiger partial charge in [0, 0.05) is 13.1 Å². The number of fused-ring (bicyclic) bond motifs is 1. The summed E-state index contributed by atoms with van der Waals surface area (Å²) in [5.41, 5.74) is 4.55. The van der Waals surface area contributed by atoms with E-state index in [4.69, 9.17) is 11.6 Å². The van der Waals surface area contributed by atoms with Crippen molar-refractivity contribution in [3.63, 3.8) is 0 Å². The quantitative estimate of drug-likeness (QED) is 0.588. The lowest BCUT2D eigenvalue weighted by atomic mass is 10.1. The number of hydrogen-bond acceptors (Lipinski definition) is 4. The number of halogens is 1. The third-order valence-electron chi connectivity index (χ3n) is 4.03. The van der Waals surface area contributed by atoms with Crippen molar-refractivity contribution in [2.45, 2.75) is 13.1 Å². The summed E-state index contributed by atoms with van der Waals surface area (Å²) < 4.78 is 2.16. The molecule has 4 rings (SSSR count). The number of aromatic nitrogens is 4. The zero-order chi connectivity index (χ0) is 17.1. The van der Waals surface area contributed by atoms with Gasteiger partial charge in [0.2, 0.25) is 0 Å². The van der Waals surface area contributed by atoms with E-state index in [1.807, 2.05) is 24.5 Å². The molecular weight excluding hydrogens is 334 g/mol. The highest BCUT2D eigenvalue weighted by Crippen LogP contribution is 2.18. The molecule has 2 aromatic carbocycles. The topological polar surface area (TPSA) is 55.6 Å². The number of hydrogen-bond donors (Lipinski definition) is 1. The van der Waals surface area contributed by atoms with E-state index in [0.717, 1.165) is 23.1 Å². The molecule has 0 radical (unpaired) electrons. The third-order valence-corrected chi connectivity index (χ3v) is 4.31. The van der Waals surface area contributed by atoms with Gasteiger partial charge in [-0.15, -0.1) is 0 Å². The fraction of sp³-hybridized carbons (Fsp3) is 0.105. The van der Waals surface area contributed by atoms with Crippen LogP contribution in [-0.4, -0.2) is 19.5 Å². The number of nitrogens with one attached hydrogen (secondary N) is 1. The summed E-state index contributed by atoms with van der Waals surface area (Å²) in [6.45, 7) is 1.46. The third kappa shape index (κ3) is 3.46.